The van der Waals surface area contributed by atoms with Gasteiger partial charge in [0.05, 0.1) is 14.2 Å². The van der Waals surface area contributed by atoms with Crippen LogP contribution in [0.4, 0.5) is 4.39 Å². The summed E-state index contributed by atoms with van der Waals surface area (Å²) in [5, 5.41) is 2.91. The molecule has 7 heteroatoms. The number of benzene rings is 2. The number of amides is 2. The Kier molecular flexibility index (Phi) is 6.13. The molecule has 148 valence electrons. The molecule has 6 nitrogen and oxygen atoms in total. The van der Waals surface area contributed by atoms with E-state index in [1.807, 2.05) is 0 Å². The Bertz CT molecular complexity index is 863. The fourth-order valence-corrected chi connectivity index (χ4v) is 3.28. The standard InChI is InChI=1S/C21H23FN2O4/c1-27-18-7-6-15(13-19(18)28-2)21(26)24-10-8-17(9-11-24)23-20(25)14-4-3-5-16(22)12-14/h3-7,12-13,17H,8-11H2,1-2H3,(H,23,25). The van der Waals surface area contributed by atoms with E-state index < -0.39 is 5.82 Å². The molecule has 3 rings (SSSR count). The molecule has 0 spiro atoms. The maximum Gasteiger partial charge on any atom is 0.253 e. The molecular weight excluding hydrogens is 363 g/mol. The van der Waals surface area contributed by atoms with Crippen LogP contribution in [-0.2, 0) is 0 Å². The maximum absolute atomic E-state index is 13.3. The molecule has 2 aromatic rings. The minimum atomic E-state index is -0.442. The number of ether oxygens (including phenoxy) is 2. The number of carbonyl (C=O) groups is 2. The molecule has 1 aliphatic heterocycles. The summed E-state index contributed by atoms with van der Waals surface area (Å²) in [6.45, 7) is 1.06. The second kappa shape index (κ2) is 8.73. The van der Waals surface area contributed by atoms with Crippen LogP contribution in [-0.4, -0.2) is 50.1 Å². The van der Waals surface area contributed by atoms with Crippen LogP contribution in [0.3, 0.4) is 0 Å². The molecule has 0 unspecified atom stereocenters. The summed E-state index contributed by atoms with van der Waals surface area (Å²) in [6, 6.07) is 10.6. The monoisotopic (exact) mass is 386 g/mol. The fraction of sp³-hybridized carbons (Fsp3) is 0.333. The van der Waals surface area contributed by atoms with E-state index in [9.17, 15) is 14.0 Å². The van der Waals surface area contributed by atoms with E-state index in [1.165, 1.54) is 25.3 Å². The Hall–Kier alpha value is -3.09. The van der Waals surface area contributed by atoms with Crippen LogP contribution in [0, 0.1) is 5.82 Å². The van der Waals surface area contributed by atoms with E-state index in [2.05, 4.69) is 5.32 Å². The van der Waals surface area contributed by atoms with E-state index >= 15 is 0 Å². The van der Waals surface area contributed by atoms with Gasteiger partial charge in [0.25, 0.3) is 11.8 Å². The maximum atomic E-state index is 13.3. The lowest BCUT2D eigenvalue weighted by Gasteiger charge is -2.32. The number of piperidine rings is 1. The molecule has 0 atom stereocenters. The Balaban J connectivity index is 1.57. The summed E-state index contributed by atoms with van der Waals surface area (Å²) in [5.41, 5.74) is 0.823. The van der Waals surface area contributed by atoms with Crippen molar-refractivity contribution in [1.82, 2.24) is 10.2 Å². The lowest BCUT2D eigenvalue weighted by atomic mass is 10.0. The van der Waals surface area contributed by atoms with Crippen molar-refractivity contribution in [2.75, 3.05) is 27.3 Å². The highest BCUT2D eigenvalue weighted by Crippen LogP contribution is 2.28. The van der Waals surface area contributed by atoms with Gasteiger partial charge in [-0.15, -0.1) is 0 Å². The molecule has 0 aliphatic carbocycles. The summed E-state index contributed by atoms with van der Waals surface area (Å²) in [7, 11) is 3.07. The molecule has 0 saturated carbocycles. The van der Waals surface area contributed by atoms with Crippen molar-refractivity contribution in [3.63, 3.8) is 0 Å². The summed E-state index contributed by atoms with van der Waals surface area (Å²) < 4.78 is 23.7. The first-order valence-corrected chi connectivity index (χ1v) is 9.09. The molecule has 1 heterocycles. The SMILES string of the molecule is COc1ccc(C(=O)N2CCC(NC(=O)c3cccc(F)c3)CC2)cc1OC. The molecule has 0 radical (unpaired) electrons. The quantitative estimate of drug-likeness (QED) is 0.858. The van der Waals surface area contributed by atoms with Gasteiger partial charge in [-0.05, 0) is 49.2 Å². The average Bonchev–Trinajstić information content (AvgIpc) is 2.73. The Morgan fingerprint density at radius 3 is 2.36 bits per heavy atom. The zero-order valence-corrected chi connectivity index (χ0v) is 15.9. The van der Waals surface area contributed by atoms with Gasteiger partial charge in [0.15, 0.2) is 11.5 Å². The van der Waals surface area contributed by atoms with Gasteiger partial charge in [-0.1, -0.05) is 6.07 Å². The summed E-state index contributed by atoms with van der Waals surface area (Å²) in [4.78, 5) is 26.8. The predicted molar refractivity (Wildman–Crippen MR) is 102 cm³/mol. The topological polar surface area (TPSA) is 67.9 Å². The van der Waals surface area contributed by atoms with Gasteiger partial charge in [0.1, 0.15) is 5.82 Å². The minimum absolute atomic E-state index is 0.0507. The first kappa shape index (κ1) is 19.7. The van der Waals surface area contributed by atoms with Gasteiger partial charge in [-0.3, -0.25) is 9.59 Å². The van der Waals surface area contributed by atoms with E-state index in [0.29, 0.717) is 48.6 Å². The van der Waals surface area contributed by atoms with Crippen LogP contribution in [0.2, 0.25) is 0 Å². The number of carbonyl (C=O) groups excluding carboxylic acids is 2. The number of rotatable bonds is 5. The van der Waals surface area contributed by atoms with E-state index in [1.54, 1.807) is 36.3 Å². The van der Waals surface area contributed by atoms with Crippen LogP contribution in [0.15, 0.2) is 42.5 Å². The van der Waals surface area contributed by atoms with Crippen LogP contribution < -0.4 is 14.8 Å². The van der Waals surface area contributed by atoms with Crippen molar-refractivity contribution in [1.29, 1.82) is 0 Å². The Morgan fingerprint density at radius 1 is 1.00 bits per heavy atom. The van der Waals surface area contributed by atoms with E-state index in [4.69, 9.17) is 9.47 Å². The molecule has 0 aromatic heterocycles. The molecule has 1 N–H and O–H groups in total. The van der Waals surface area contributed by atoms with Crippen LogP contribution in [0.25, 0.3) is 0 Å². The first-order chi connectivity index (χ1) is 13.5. The Morgan fingerprint density at radius 2 is 1.71 bits per heavy atom. The van der Waals surface area contributed by atoms with Crippen LogP contribution >= 0.6 is 0 Å². The summed E-state index contributed by atoms with van der Waals surface area (Å²) >= 11 is 0. The average molecular weight is 386 g/mol. The zero-order valence-electron chi connectivity index (χ0n) is 15.9. The van der Waals surface area contributed by atoms with Crippen molar-refractivity contribution >= 4 is 11.8 Å². The number of hydrogen-bond acceptors (Lipinski definition) is 4. The number of nitrogens with zero attached hydrogens (tertiary/aromatic N) is 1. The molecule has 28 heavy (non-hydrogen) atoms. The summed E-state index contributed by atoms with van der Waals surface area (Å²) in [6.07, 6.45) is 1.28. The first-order valence-electron chi connectivity index (χ1n) is 9.09. The second-order valence-electron chi connectivity index (χ2n) is 6.62. The van der Waals surface area contributed by atoms with Gasteiger partial charge in [0.2, 0.25) is 0 Å². The van der Waals surface area contributed by atoms with Crippen LogP contribution in [0.1, 0.15) is 33.6 Å². The molecular formula is C21H23FN2O4. The molecule has 2 amide bonds. The minimum Gasteiger partial charge on any atom is -0.493 e. The molecule has 1 fully saturated rings. The molecule has 1 saturated heterocycles. The van der Waals surface area contributed by atoms with Gasteiger partial charge in [0, 0.05) is 30.3 Å². The van der Waals surface area contributed by atoms with Gasteiger partial charge in [-0.25, -0.2) is 4.39 Å². The number of nitrogens with one attached hydrogen (secondary N) is 1. The van der Waals surface area contributed by atoms with Crippen molar-refractivity contribution in [2.24, 2.45) is 0 Å². The van der Waals surface area contributed by atoms with Crippen molar-refractivity contribution in [3.8, 4) is 11.5 Å². The molecule has 1 aliphatic rings. The number of likely N-dealkylation sites (tertiary alicyclic amines) is 1. The normalized spacial score (nSPS) is 14.5. The van der Waals surface area contributed by atoms with Gasteiger partial charge in [-0.2, -0.15) is 0 Å². The Labute approximate surface area is 163 Å². The highest BCUT2D eigenvalue weighted by atomic mass is 19.1. The number of halogens is 1. The molecule has 0 bridgehead atoms. The van der Waals surface area contributed by atoms with Crippen molar-refractivity contribution in [3.05, 3.63) is 59.4 Å². The second-order valence-corrected chi connectivity index (χ2v) is 6.62. The third-order valence-electron chi connectivity index (χ3n) is 4.83. The molecule has 2 aromatic carbocycles. The number of methoxy groups -OCH3 is 2. The van der Waals surface area contributed by atoms with E-state index in [0.717, 1.165) is 0 Å². The third-order valence-corrected chi connectivity index (χ3v) is 4.83. The van der Waals surface area contributed by atoms with E-state index in [-0.39, 0.29) is 17.9 Å². The zero-order chi connectivity index (χ0) is 20.1. The predicted octanol–water partition coefficient (Wildman–Crippen LogP) is 2.88. The number of hydrogen-bond donors (Lipinski definition) is 1. The third kappa shape index (κ3) is 4.42. The smallest absolute Gasteiger partial charge is 0.253 e. The summed E-state index contributed by atoms with van der Waals surface area (Å²) in [5.74, 6) is 0.242. The van der Waals surface area contributed by atoms with Crippen LogP contribution in [0.5, 0.6) is 11.5 Å². The van der Waals surface area contributed by atoms with Gasteiger partial charge >= 0.3 is 0 Å². The van der Waals surface area contributed by atoms with Gasteiger partial charge < -0.3 is 19.7 Å². The van der Waals surface area contributed by atoms with Crippen molar-refractivity contribution < 1.29 is 23.5 Å². The lowest BCUT2D eigenvalue weighted by molar-refractivity contribution is 0.0697. The van der Waals surface area contributed by atoms with Crippen molar-refractivity contribution in [2.45, 2.75) is 18.9 Å². The highest BCUT2D eigenvalue weighted by Gasteiger charge is 2.25. The highest BCUT2D eigenvalue weighted by molar-refractivity contribution is 5.95. The lowest BCUT2D eigenvalue weighted by Crippen LogP contribution is -2.46. The largest absolute Gasteiger partial charge is 0.493 e. The fourth-order valence-electron chi connectivity index (χ4n) is 3.28.